The quantitative estimate of drug-likeness (QED) is 0.692. The molecular weight excluding hydrogens is 356 g/mol. The number of anilines is 1. The highest BCUT2D eigenvalue weighted by atomic mass is 19.2. The lowest BCUT2D eigenvalue weighted by Gasteiger charge is -2.15. The van der Waals surface area contributed by atoms with Crippen LogP contribution in [0.1, 0.15) is 24.9 Å². The van der Waals surface area contributed by atoms with Gasteiger partial charge in [-0.05, 0) is 48.9 Å². The number of hydrogen-bond acceptors (Lipinski definition) is 3. The summed E-state index contributed by atoms with van der Waals surface area (Å²) in [6.45, 7) is 1.91. The number of halogens is 2. The maximum atomic E-state index is 13.3. The average molecular weight is 377 g/mol. The van der Waals surface area contributed by atoms with Crippen molar-refractivity contribution in [2.45, 2.75) is 19.4 Å². The minimum atomic E-state index is -0.964. The van der Waals surface area contributed by atoms with Gasteiger partial charge in [-0.25, -0.2) is 13.6 Å². The van der Waals surface area contributed by atoms with Crippen molar-refractivity contribution < 1.29 is 23.1 Å². The maximum absolute atomic E-state index is 13.3. The Balaban J connectivity index is 1.84. The number of carbonyl (C=O) groups excluding carboxylic acids is 2. The number of hydrogen-bond donors (Lipinski definition) is 3. The third kappa shape index (κ3) is 6.25. The predicted molar refractivity (Wildman–Crippen MR) is 97.5 cm³/mol. The van der Waals surface area contributed by atoms with Crippen molar-refractivity contribution >= 4 is 17.6 Å². The zero-order valence-corrected chi connectivity index (χ0v) is 15.0. The standard InChI is InChI=1S/C19H21F2N3O3/c1-12(13-3-8-16(20)17(21)11-13)23-19(26)24-14-4-6-15(7-5-14)27-10-9-18(25)22-2/h3-8,11-12H,9-10H2,1-2H3,(H,22,25)(H2,23,24,26). The molecule has 0 aliphatic carbocycles. The molecule has 2 aromatic carbocycles. The van der Waals surface area contributed by atoms with Crippen LogP contribution in [0.3, 0.4) is 0 Å². The molecule has 27 heavy (non-hydrogen) atoms. The summed E-state index contributed by atoms with van der Waals surface area (Å²) in [4.78, 5) is 23.2. The highest BCUT2D eigenvalue weighted by Crippen LogP contribution is 2.18. The molecule has 0 aromatic heterocycles. The van der Waals surface area contributed by atoms with Gasteiger partial charge in [0.2, 0.25) is 5.91 Å². The van der Waals surface area contributed by atoms with E-state index in [-0.39, 0.29) is 18.9 Å². The molecule has 3 amide bonds. The van der Waals surface area contributed by atoms with Gasteiger partial charge in [0.05, 0.1) is 19.1 Å². The number of ether oxygens (including phenoxy) is 1. The summed E-state index contributed by atoms with van der Waals surface area (Å²) in [5.41, 5.74) is 0.979. The Kier molecular flexibility index (Phi) is 7.10. The molecule has 0 saturated carbocycles. The van der Waals surface area contributed by atoms with Crippen LogP contribution in [0.15, 0.2) is 42.5 Å². The van der Waals surface area contributed by atoms with Crippen LogP contribution in [0, 0.1) is 11.6 Å². The first-order valence-electron chi connectivity index (χ1n) is 8.35. The molecule has 0 saturated heterocycles. The number of nitrogens with one attached hydrogen (secondary N) is 3. The van der Waals surface area contributed by atoms with Crippen LogP contribution in [0.2, 0.25) is 0 Å². The minimum Gasteiger partial charge on any atom is -0.493 e. The van der Waals surface area contributed by atoms with Crippen molar-refractivity contribution in [2.24, 2.45) is 0 Å². The van der Waals surface area contributed by atoms with Crippen LogP contribution in [0.4, 0.5) is 19.3 Å². The molecule has 0 radical (unpaired) electrons. The third-order valence-corrected chi connectivity index (χ3v) is 3.78. The molecular formula is C19H21F2N3O3. The van der Waals surface area contributed by atoms with Gasteiger partial charge in [0.15, 0.2) is 11.6 Å². The summed E-state index contributed by atoms with van der Waals surface area (Å²) < 4.78 is 31.7. The maximum Gasteiger partial charge on any atom is 0.319 e. The summed E-state index contributed by atoms with van der Waals surface area (Å²) in [5.74, 6) is -1.44. The molecule has 0 bridgehead atoms. The van der Waals surface area contributed by atoms with Crippen molar-refractivity contribution in [2.75, 3.05) is 19.0 Å². The van der Waals surface area contributed by atoms with Crippen molar-refractivity contribution in [3.8, 4) is 5.75 Å². The molecule has 2 rings (SSSR count). The lowest BCUT2D eigenvalue weighted by Crippen LogP contribution is -2.31. The number of benzene rings is 2. The molecule has 2 aromatic rings. The first-order valence-corrected chi connectivity index (χ1v) is 8.35. The van der Waals surface area contributed by atoms with Gasteiger partial charge in [-0.1, -0.05) is 6.07 Å². The van der Waals surface area contributed by atoms with Gasteiger partial charge in [-0.3, -0.25) is 4.79 Å². The van der Waals surface area contributed by atoms with Crippen molar-refractivity contribution in [1.82, 2.24) is 10.6 Å². The van der Waals surface area contributed by atoms with Crippen molar-refractivity contribution in [3.63, 3.8) is 0 Å². The Morgan fingerprint density at radius 2 is 1.78 bits per heavy atom. The zero-order chi connectivity index (χ0) is 19.8. The van der Waals surface area contributed by atoms with E-state index < -0.39 is 23.7 Å². The van der Waals surface area contributed by atoms with E-state index in [0.29, 0.717) is 17.0 Å². The largest absolute Gasteiger partial charge is 0.493 e. The Hall–Kier alpha value is -3.16. The van der Waals surface area contributed by atoms with E-state index in [1.165, 1.54) is 6.07 Å². The lowest BCUT2D eigenvalue weighted by atomic mass is 10.1. The van der Waals surface area contributed by atoms with Gasteiger partial charge in [0, 0.05) is 12.7 Å². The highest BCUT2D eigenvalue weighted by molar-refractivity contribution is 5.89. The molecule has 1 unspecified atom stereocenters. The molecule has 6 nitrogen and oxygen atoms in total. The van der Waals surface area contributed by atoms with Gasteiger partial charge >= 0.3 is 6.03 Å². The molecule has 0 aliphatic heterocycles. The molecule has 0 heterocycles. The summed E-state index contributed by atoms with van der Waals surface area (Å²) >= 11 is 0. The molecule has 0 aliphatic rings. The molecule has 8 heteroatoms. The summed E-state index contributed by atoms with van der Waals surface area (Å²) in [5, 5.41) is 7.79. The molecule has 0 spiro atoms. The van der Waals surface area contributed by atoms with E-state index in [2.05, 4.69) is 16.0 Å². The SMILES string of the molecule is CNC(=O)CCOc1ccc(NC(=O)NC(C)c2ccc(F)c(F)c2)cc1. The lowest BCUT2D eigenvalue weighted by molar-refractivity contribution is -0.121. The van der Waals surface area contributed by atoms with E-state index in [1.807, 2.05) is 0 Å². The Bertz CT molecular complexity index is 797. The van der Waals surface area contributed by atoms with E-state index >= 15 is 0 Å². The first kappa shape index (κ1) is 20.2. The van der Waals surface area contributed by atoms with E-state index in [0.717, 1.165) is 12.1 Å². The number of rotatable bonds is 7. The van der Waals surface area contributed by atoms with Crippen LogP contribution >= 0.6 is 0 Å². The van der Waals surface area contributed by atoms with Crippen molar-refractivity contribution in [1.29, 1.82) is 0 Å². The second kappa shape index (κ2) is 9.51. The van der Waals surface area contributed by atoms with Gasteiger partial charge in [-0.2, -0.15) is 0 Å². The van der Waals surface area contributed by atoms with Crippen LogP contribution in [0.5, 0.6) is 5.75 Å². The fourth-order valence-corrected chi connectivity index (χ4v) is 2.25. The van der Waals surface area contributed by atoms with Gasteiger partial charge < -0.3 is 20.7 Å². The normalized spacial score (nSPS) is 11.4. The van der Waals surface area contributed by atoms with E-state index in [9.17, 15) is 18.4 Å². The summed E-state index contributed by atoms with van der Waals surface area (Å²) in [7, 11) is 1.56. The van der Waals surface area contributed by atoms with Crippen LogP contribution in [-0.2, 0) is 4.79 Å². The summed E-state index contributed by atoms with van der Waals surface area (Å²) in [6.07, 6.45) is 0.251. The van der Waals surface area contributed by atoms with Gasteiger partial charge in [0.1, 0.15) is 5.75 Å². The van der Waals surface area contributed by atoms with Gasteiger partial charge in [-0.15, -0.1) is 0 Å². The fourth-order valence-electron chi connectivity index (χ4n) is 2.25. The predicted octanol–water partition coefficient (Wildman–Crippen LogP) is 3.36. The Labute approximate surface area is 155 Å². The monoisotopic (exact) mass is 377 g/mol. The van der Waals surface area contributed by atoms with E-state index in [4.69, 9.17) is 4.74 Å². The molecule has 1 atom stereocenters. The first-order chi connectivity index (χ1) is 12.9. The van der Waals surface area contributed by atoms with Gasteiger partial charge in [0.25, 0.3) is 0 Å². The molecule has 3 N–H and O–H groups in total. The fraction of sp³-hybridized carbons (Fsp3) is 0.263. The second-order valence-electron chi connectivity index (χ2n) is 5.79. The molecule has 0 fully saturated rings. The Morgan fingerprint density at radius 3 is 2.41 bits per heavy atom. The number of amides is 3. The topological polar surface area (TPSA) is 79.5 Å². The van der Waals surface area contributed by atoms with Crippen LogP contribution in [-0.4, -0.2) is 25.6 Å². The summed E-state index contributed by atoms with van der Waals surface area (Å²) in [6, 6.07) is 9.11. The number of carbonyl (C=O) groups is 2. The second-order valence-corrected chi connectivity index (χ2v) is 5.79. The van der Waals surface area contributed by atoms with Crippen molar-refractivity contribution in [3.05, 3.63) is 59.7 Å². The molecule has 144 valence electrons. The Morgan fingerprint density at radius 1 is 1.07 bits per heavy atom. The zero-order valence-electron chi connectivity index (χ0n) is 15.0. The third-order valence-electron chi connectivity index (χ3n) is 3.78. The number of urea groups is 1. The van der Waals surface area contributed by atoms with E-state index in [1.54, 1.807) is 38.2 Å². The smallest absolute Gasteiger partial charge is 0.319 e. The van der Waals surface area contributed by atoms with Crippen LogP contribution < -0.4 is 20.7 Å². The average Bonchev–Trinajstić information content (AvgIpc) is 2.65. The van der Waals surface area contributed by atoms with Crippen LogP contribution in [0.25, 0.3) is 0 Å². The highest BCUT2D eigenvalue weighted by Gasteiger charge is 2.12. The minimum absolute atomic E-state index is 0.111.